The summed E-state index contributed by atoms with van der Waals surface area (Å²) in [4.78, 5) is 44.5. The van der Waals surface area contributed by atoms with E-state index < -0.39 is 12.1 Å². The molecule has 5 rings (SSSR count). The van der Waals surface area contributed by atoms with Crippen LogP contribution in [0.2, 0.25) is 0 Å². The second-order valence-electron chi connectivity index (χ2n) is 10.8. The highest BCUT2D eigenvalue weighted by Crippen LogP contribution is 2.38. The fraction of sp³-hybridized carbons (Fsp3) is 0.452. The second kappa shape index (κ2) is 11.0. The molecule has 38 heavy (non-hydrogen) atoms. The Hall–Kier alpha value is -3.61. The van der Waals surface area contributed by atoms with Crippen LogP contribution in [0.4, 0.5) is 4.79 Å². The van der Waals surface area contributed by atoms with Crippen molar-refractivity contribution in [3.05, 3.63) is 82.1 Å². The lowest BCUT2D eigenvalue weighted by molar-refractivity contribution is -0.137. The van der Waals surface area contributed by atoms with E-state index in [2.05, 4.69) is 16.7 Å². The van der Waals surface area contributed by atoms with Crippen molar-refractivity contribution < 1.29 is 14.4 Å². The van der Waals surface area contributed by atoms with Crippen molar-refractivity contribution in [2.75, 3.05) is 13.1 Å². The van der Waals surface area contributed by atoms with E-state index in [0.29, 0.717) is 24.2 Å². The Morgan fingerprint density at radius 2 is 1.79 bits per heavy atom. The highest BCUT2D eigenvalue weighted by molar-refractivity contribution is 6.03. The topological polar surface area (TPSA) is 81.8 Å². The van der Waals surface area contributed by atoms with Crippen molar-refractivity contribution in [3.63, 3.8) is 0 Å². The molecule has 0 saturated heterocycles. The van der Waals surface area contributed by atoms with Gasteiger partial charge in [0.25, 0.3) is 5.91 Å². The molecular formula is C31H38N4O3. The predicted molar refractivity (Wildman–Crippen MR) is 147 cm³/mol. The summed E-state index contributed by atoms with van der Waals surface area (Å²) in [5, 5.41) is 6.34. The first-order chi connectivity index (χ1) is 18.4. The Morgan fingerprint density at radius 1 is 1.05 bits per heavy atom. The molecular weight excluding hydrogens is 476 g/mol. The number of hydrogen-bond acceptors (Lipinski definition) is 3. The van der Waals surface area contributed by atoms with Crippen LogP contribution in [0.25, 0.3) is 0 Å². The molecule has 4 amide bonds. The van der Waals surface area contributed by atoms with Gasteiger partial charge in [0.2, 0.25) is 5.91 Å². The van der Waals surface area contributed by atoms with Gasteiger partial charge in [-0.2, -0.15) is 0 Å². The van der Waals surface area contributed by atoms with Crippen molar-refractivity contribution in [3.8, 4) is 0 Å². The zero-order chi connectivity index (χ0) is 26.8. The SMILES string of the molecule is CCN1C(=O)NC(c2ccc(C)cc2C)C2=C1CN(C(Cc1ccccc1)C(=O)NC1CCCCC1)C2=O. The van der Waals surface area contributed by atoms with Crippen LogP contribution < -0.4 is 10.6 Å². The minimum absolute atomic E-state index is 0.112. The molecule has 7 nitrogen and oxygen atoms in total. The van der Waals surface area contributed by atoms with E-state index in [0.717, 1.165) is 47.9 Å². The van der Waals surface area contributed by atoms with Gasteiger partial charge < -0.3 is 15.5 Å². The summed E-state index contributed by atoms with van der Waals surface area (Å²) in [5.74, 6) is -0.289. The molecule has 200 valence electrons. The molecule has 1 aliphatic carbocycles. The molecule has 0 spiro atoms. The summed E-state index contributed by atoms with van der Waals surface area (Å²) < 4.78 is 0. The van der Waals surface area contributed by atoms with Gasteiger partial charge in [0.15, 0.2) is 0 Å². The van der Waals surface area contributed by atoms with Gasteiger partial charge in [0, 0.05) is 19.0 Å². The van der Waals surface area contributed by atoms with Crippen LogP contribution in [-0.2, 0) is 16.0 Å². The number of nitrogens with one attached hydrogen (secondary N) is 2. The molecule has 2 aliphatic heterocycles. The molecule has 3 aliphatic rings. The van der Waals surface area contributed by atoms with E-state index in [9.17, 15) is 14.4 Å². The van der Waals surface area contributed by atoms with Crippen molar-refractivity contribution >= 4 is 17.8 Å². The number of benzene rings is 2. The van der Waals surface area contributed by atoms with Crippen molar-refractivity contribution in [1.82, 2.24) is 20.4 Å². The zero-order valence-corrected chi connectivity index (χ0v) is 22.6. The van der Waals surface area contributed by atoms with E-state index >= 15 is 0 Å². The summed E-state index contributed by atoms with van der Waals surface area (Å²) in [5.41, 5.74) is 5.33. The minimum Gasteiger partial charge on any atom is -0.352 e. The summed E-state index contributed by atoms with van der Waals surface area (Å²) in [7, 11) is 0. The van der Waals surface area contributed by atoms with Gasteiger partial charge in [-0.1, -0.05) is 73.4 Å². The van der Waals surface area contributed by atoms with E-state index in [1.54, 1.807) is 9.80 Å². The Kier molecular flexibility index (Phi) is 7.54. The number of carbonyl (C=O) groups excluding carboxylic acids is 3. The average Bonchev–Trinajstić information content (AvgIpc) is 3.24. The molecule has 2 aromatic rings. The summed E-state index contributed by atoms with van der Waals surface area (Å²) >= 11 is 0. The number of likely N-dealkylation sites (N-methyl/N-ethyl adjacent to an activating group) is 1. The average molecular weight is 515 g/mol. The number of aryl methyl sites for hydroxylation is 2. The van der Waals surface area contributed by atoms with Crippen LogP contribution in [0.3, 0.4) is 0 Å². The van der Waals surface area contributed by atoms with Crippen molar-refractivity contribution in [2.45, 2.75) is 77.4 Å². The Morgan fingerprint density at radius 3 is 2.47 bits per heavy atom. The molecule has 0 radical (unpaired) electrons. The molecule has 2 atom stereocenters. The van der Waals surface area contributed by atoms with Gasteiger partial charge in [-0.15, -0.1) is 0 Å². The minimum atomic E-state index is -0.661. The van der Waals surface area contributed by atoms with Crippen molar-refractivity contribution in [1.29, 1.82) is 0 Å². The monoisotopic (exact) mass is 514 g/mol. The van der Waals surface area contributed by atoms with Crippen LogP contribution in [0.1, 0.15) is 67.3 Å². The smallest absolute Gasteiger partial charge is 0.322 e. The van der Waals surface area contributed by atoms with Crippen LogP contribution in [0.5, 0.6) is 0 Å². The normalized spacial score (nSPS) is 20.9. The fourth-order valence-electron chi connectivity index (χ4n) is 6.21. The van der Waals surface area contributed by atoms with Gasteiger partial charge in [0.1, 0.15) is 6.04 Å². The molecule has 2 N–H and O–H groups in total. The van der Waals surface area contributed by atoms with Gasteiger partial charge in [-0.3, -0.25) is 14.5 Å². The summed E-state index contributed by atoms with van der Waals surface area (Å²) in [6.45, 7) is 6.64. The number of urea groups is 1. The predicted octanol–water partition coefficient (Wildman–Crippen LogP) is 4.55. The fourth-order valence-corrected chi connectivity index (χ4v) is 6.21. The molecule has 2 aromatic carbocycles. The van der Waals surface area contributed by atoms with E-state index in [4.69, 9.17) is 0 Å². The number of carbonyl (C=O) groups is 3. The Labute approximate surface area is 225 Å². The maximum absolute atomic E-state index is 14.2. The van der Waals surface area contributed by atoms with Crippen LogP contribution in [-0.4, -0.2) is 52.8 Å². The number of rotatable bonds is 7. The van der Waals surface area contributed by atoms with Gasteiger partial charge in [0.05, 0.1) is 23.9 Å². The first kappa shape index (κ1) is 26.0. The largest absolute Gasteiger partial charge is 0.352 e. The molecule has 0 bridgehead atoms. The number of nitrogens with zero attached hydrogens (tertiary/aromatic N) is 2. The van der Waals surface area contributed by atoms with Gasteiger partial charge in [-0.25, -0.2) is 4.79 Å². The summed E-state index contributed by atoms with van der Waals surface area (Å²) in [6.07, 6.45) is 5.81. The third-order valence-electron chi connectivity index (χ3n) is 8.20. The van der Waals surface area contributed by atoms with E-state index in [1.165, 1.54) is 6.42 Å². The first-order valence-electron chi connectivity index (χ1n) is 13.9. The van der Waals surface area contributed by atoms with Gasteiger partial charge >= 0.3 is 6.03 Å². The summed E-state index contributed by atoms with van der Waals surface area (Å²) in [6, 6.07) is 14.7. The highest BCUT2D eigenvalue weighted by atomic mass is 16.2. The lowest BCUT2D eigenvalue weighted by Crippen LogP contribution is -2.52. The highest BCUT2D eigenvalue weighted by Gasteiger charge is 2.47. The third-order valence-corrected chi connectivity index (χ3v) is 8.20. The maximum Gasteiger partial charge on any atom is 0.322 e. The zero-order valence-electron chi connectivity index (χ0n) is 22.6. The molecule has 2 unspecified atom stereocenters. The van der Waals surface area contributed by atoms with E-state index in [1.807, 2.05) is 63.2 Å². The van der Waals surface area contributed by atoms with E-state index in [-0.39, 0.29) is 30.4 Å². The standard InChI is InChI=1S/C31H38N4O3/c1-4-34-26-19-35(30(37)27(26)28(33-31(34)38)24-16-15-20(2)17-21(24)3)25(18-22-11-7-5-8-12-22)29(36)32-23-13-9-6-10-14-23/h5,7-8,11-12,15-17,23,25,28H,4,6,9-10,13-14,18-19H2,1-3H3,(H,32,36)(H,33,38). The third kappa shape index (κ3) is 5.06. The quantitative estimate of drug-likeness (QED) is 0.569. The molecule has 1 saturated carbocycles. The Balaban J connectivity index is 1.50. The number of amides is 4. The second-order valence-corrected chi connectivity index (χ2v) is 10.8. The Bertz CT molecular complexity index is 1250. The molecule has 2 heterocycles. The van der Waals surface area contributed by atoms with Crippen molar-refractivity contribution in [2.24, 2.45) is 0 Å². The lowest BCUT2D eigenvalue weighted by atomic mass is 9.91. The van der Waals surface area contributed by atoms with Gasteiger partial charge in [-0.05, 0) is 50.3 Å². The lowest BCUT2D eigenvalue weighted by Gasteiger charge is -2.33. The molecule has 7 heteroatoms. The number of hydrogen-bond donors (Lipinski definition) is 2. The van der Waals surface area contributed by atoms with Crippen LogP contribution >= 0.6 is 0 Å². The molecule has 1 fully saturated rings. The van der Waals surface area contributed by atoms with Crippen LogP contribution in [0, 0.1) is 13.8 Å². The first-order valence-corrected chi connectivity index (χ1v) is 13.9. The van der Waals surface area contributed by atoms with Crippen LogP contribution in [0.15, 0.2) is 59.8 Å². The maximum atomic E-state index is 14.2. The molecule has 0 aromatic heterocycles.